The predicted octanol–water partition coefficient (Wildman–Crippen LogP) is 1.33. The smallest absolute Gasteiger partial charge is 0.0620 e. The Kier molecular flexibility index (Phi) is 3.63. The molecule has 2 unspecified atom stereocenters. The molecule has 3 heteroatoms. The minimum absolute atomic E-state index is 0.525. The number of alkyl halides is 1. The summed E-state index contributed by atoms with van der Waals surface area (Å²) in [7, 11) is 0. The number of morpholine rings is 1. The maximum absolute atomic E-state index is 5.68. The minimum Gasteiger partial charge on any atom is -0.378 e. The molecular formula is C8H16ClNO. The van der Waals surface area contributed by atoms with Crippen molar-refractivity contribution in [3.05, 3.63) is 0 Å². The van der Waals surface area contributed by atoms with E-state index in [9.17, 15) is 0 Å². The van der Waals surface area contributed by atoms with Crippen LogP contribution in [0.25, 0.3) is 0 Å². The fraction of sp³-hybridized carbons (Fsp3) is 1.00. The Morgan fingerprint density at radius 3 is 2.36 bits per heavy atom. The first-order chi connectivity index (χ1) is 5.25. The number of ether oxygens (including phenoxy) is 1. The lowest BCUT2D eigenvalue weighted by Gasteiger charge is -2.38. The summed E-state index contributed by atoms with van der Waals surface area (Å²) in [6.07, 6.45) is 0. The molecule has 1 aliphatic heterocycles. The van der Waals surface area contributed by atoms with E-state index in [2.05, 4.69) is 18.7 Å². The maximum atomic E-state index is 5.68. The highest BCUT2D eigenvalue weighted by molar-refractivity contribution is 6.18. The Bertz CT molecular complexity index is 111. The summed E-state index contributed by atoms with van der Waals surface area (Å²) in [6, 6.07) is 1.05. The van der Waals surface area contributed by atoms with Crippen molar-refractivity contribution >= 4 is 11.6 Å². The summed E-state index contributed by atoms with van der Waals surface area (Å²) in [5, 5.41) is 0. The molecule has 0 radical (unpaired) electrons. The van der Waals surface area contributed by atoms with Gasteiger partial charge in [-0.2, -0.15) is 0 Å². The molecule has 2 atom stereocenters. The SMILES string of the molecule is CC1COCC(C)N1CCCl. The summed E-state index contributed by atoms with van der Waals surface area (Å²) in [6.45, 7) is 7.04. The van der Waals surface area contributed by atoms with Crippen LogP contribution in [-0.2, 0) is 4.74 Å². The van der Waals surface area contributed by atoms with Crippen LogP contribution in [0, 0.1) is 0 Å². The van der Waals surface area contributed by atoms with Gasteiger partial charge in [0.15, 0.2) is 0 Å². The van der Waals surface area contributed by atoms with Crippen LogP contribution in [0.1, 0.15) is 13.8 Å². The van der Waals surface area contributed by atoms with Crippen molar-refractivity contribution in [2.24, 2.45) is 0 Å². The predicted molar refractivity (Wildman–Crippen MR) is 47.2 cm³/mol. The molecule has 0 bridgehead atoms. The zero-order chi connectivity index (χ0) is 8.27. The standard InChI is InChI=1S/C8H16ClNO/c1-7-5-11-6-8(2)10(7)4-3-9/h7-8H,3-6H2,1-2H3. The highest BCUT2D eigenvalue weighted by Gasteiger charge is 2.23. The van der Waals surface area contributed by atoms with Crippen molar-refractivity contribution in [1.29, 1.82) is 0 Å². The number of halogens is 1. The van der Waals surface area contributed by atoms with Crippen molar-refractivity contribution in [1.82, 2.24) is 4.90 Å². The second-order valence-corrected chi connectivity index (χ2v) is 3.54. The largest absolute Gasteiger partial charge is 0.378 e. The van der Waals surface area contributed by atoms with E-state index in [4.69, 9.17) is 16.3 Å². The van der Waals surface area contributed by atoms with Crippen molar-refractivity contribution in [3.63, 3.8) is 0 Å². The van der Waals surface area contributed by atoms with Crippen molar-refractivity contribution in [2.45, 2.75) is 25.9 Å². The Morgan fingerprint density at radius 1 is 1.36 bits per heavy atom. The van der Waals surface area contributed by atoms with Crippen molar-refractivity contribution in [2.75, 3.05) is 25.6 Å². The number of hydrogen-bond donors (Lipinski definition) is 0. The first-order valence-corrected chi connectivity index (χ1v) is 4.68. The Balaban J connectivity index is 2.41. The summed E-state index contributed by atoms with van der Waals surface area (Å²) in [5.74, 6) is 0.717. The third-order valence-electron chi connectivity index (χ3n) is 2.19. The Labute approximate surface area is 73.5 Å². The monoisotopic (exact) mass is 177 g/mol. The second kappa shape index (κ2) is 4.29. The molecule has 2 nitrogen and oxygen atoms in total. The minimum atomic E-state index is 0.525. The average molecular weight is 178 g/mol. The van der Waals surface area contributed by atoms with Gasteiger partial charge in [-0.15, -0.1) is 11.6 Å². The zero-order valence-electron chi connectivity index (χ0n) is 7.22. The van der Waals surface area contributed by atoms with Crippen LogP contribution in [-0.4, -0.2) is 42.6 Å². The molecule has 0 spiro atoms. The van der Waals surface area contributed by atoms with Crippen LogP contribution in [0.4, 0.5) is 0 Å². The second-order valence-electron chi connectivity index (χ2n) is 3.16. The molecule has 0 aromatic rings. The van der Waals surface area contributed by atoms with Crippen LogP contribution in [0.3, 0.4) is 0 Å². The van der Waals surface area contributed by atoms with E-state index in [1.165, 1.54) is 0 Å². The van der Waals surface area contributed by atoms with Gasteiger partial charge < -0.3 is 4.74 Å². The summed E-state index contributed by atoms with van der Waals surface area (Å²) in [4.78, 5) is 2.40. The Morgan fingerprint density at radius 2 is 1.91 bits per heavy atom. The lowest BCUT2D eigenvalue weighted by molar-refractivity contribution is -0.0334. The molecule has 1 heterocycles. The Hall–Kier alpha value is 0.210. The molecule has 1 saturated heterocycles. The topological polar surface area (TPSA) is 12.5 Å². The molecule has 66 valence electrons. The normalized spacial score (nSPS) is 34.1. The van der Waals surface area contributed by atoms with Crippen LogP contribution in [0.2, 0.25) is 0 Å². The van der Waals surface area contributed by atoms with Gasteiger partial charge in [-0.1, -0.05) is 0 Å². The fourth-order valence-corrected chi connectivity index (χ4v) is 1.77. The van der Waals surface area contributed by atoms with Gasteiger partial charge in [-0.05, 0) is 13.8 Å². The van der Waals surface area contributed by atoms with Gasteiger partial charge in [0.1, 0.15) is 0 Å². The average Bonchev–Trinajstić information content (AvgIpc) is 1.97. The van der Waals surface area contributed by atoms with E-state index >= 15 is 0 Å². The van der Waals surface area contributed by atoms with Crippen LogP contribution in [0.15, 0.2) is 0 Å². The zero-order valence-corrected chi connectivity index (χ0v) is 7.97. The number of hydrogen-bond acceptors (Lipinski definition) is 2. The van der Waals surface area contributed by atoms with Gasteiger partial charge >= 0.3 is 0 Å². The third-order valence-corrected chi connectivity index (χ3v) is 2.36. The molecule has 1 aliphatic rings. The number of rotatable bonds is 2. The van der Waals surface area contributed by atoms with Crippen LogP contribution >= 0.6 is 11.6 Å². The first kappa shape index (κ1) is 9.30. The molecule has 0 saturated carbocycles. The lowest BCUT2D eigenvalue weighted by Crippen LogP contribution is -2.50. The van der Waals surface area contributed by atoms with Gasteiger partial charge in [0.05, 0.1) is 13.2 Å². The molecule has 0 N–H and O–H groups in total. The molecule has 11 heavy (non-hydrogen) atoms. The lowest BCUT2D eigenvalue weighted by atomic mass is 10.2. The molecule has 1 fully saturated rings. The van der Waals surface area contributed by atoms with E-state index in [1.807, 2.05) is 0 Å². The van der Waals surface area contributed by atoms with E-state index < -0.39 is 0 Å². The van der Waals surface area contributed by atoms with Gasteiger partial charge in [-0.3, -0.25) is 4.90 Å². The fourth-order valence-electron chi connectivity index (χ4n) is 1.57. The van der Waals surface area contributed by atoms with Gasteiger partial charge in [0.2, 0.25) is 0 Å². The highest BCUT2D eigenvalue weighted by atomic mass is 35.5. The van der Waals surface area contributed by atoms with Crippen molar-refractivity contribution < 1.29 is 4.74 Å². The molecular weight excluding hydrogens is 162 g/mol. The van der Waals surface area contributed by atoms with Gasteiger partial charge in [0.25, 0.3) is 0 Å². The maximum Gasteiger partial charge on any atom is 0.0620 e. The summed E-state index contributed by atoms with van der Waals surface area (Å²) in [5.41, 5.74) is 0. The van der Waals surface area contributed by atoms with Gasteiger partial charge in [0, 0.05) is 24.5 Å². The first-order valence-electron chi connectivity index (χ1n) is 4.15. The third kappa shape index (κ3) is 2.32. The summed E-state index contributed by atoms with van der Waals surface area (Å²) < 4.78 is 5.39. The highest BCUT2D eigenvalue weighted by Crippen LogP contribution is 2.12. The molecule has 1 rings (SSSR count). The van der Waals surface area contributed by atoms with Crippen LogP contribution < -0.4 is 0 Å². The molecule has 0 aromatic heterocycles. The van der Waals surface area contributed by atoms with E-state index in [0.717, 1.165) is 19.8 Å². The van der Waals surface area contributed by atoms with Crippen LogP contribution in [0.5, 0.6) is 0 Å². The van der Waals surface area contributed by atoms with E-state index in [1.54, 1.807) is 0 Å². The molecule has 0 amide bonds. The van der Waals surface area contributed by atoms with E-state index in [-0.39, 0.29) is 0 Å². The quantitative estimate of drug-likeness (QED) is 0.591. The van der Waals surface area contributed by atoms with Gasteiger partial charge in [-0.25, -0.2) is 0 Å². The van der Waals surface area contributed by atoms with E-state index in [0.29, 0.717) is 18.0 Å². The molecule has 0 aromatic carbocycles. The number of nitrogens with zero attached hydrogens (tertiary/aromatic N) is 1. The summed E-state index contributed by atoms with van der Waals surface area (Å²) >= 11 is 5.68. The van der Waals surface area contributed by atoms with Crippen molar-refractivity contribution in [3.8, 4) is 0 Å². The molecule has 0 aliphatic carbocycles.